The first kappa shape index (κ1) is 20.3. The van der Waals surface area contributed by atoms with Gasteiger partial charge in [-0.05, 0) is 35.6 Å². The lowest BCUT2D eigenvalue weighted by Gasteiger charge is -2.32. The Hall–Kier alpha value is -3.61. The molecule has 2 amide bonds. The van der Waals surface area contributed by atoms with Crippen molar-refractivity contribution in [2.24, 2.45) is 13.0 Å². The van der Waals surface area contributed by atoms with Crippen LogP contribution in [0.25, 0.3) is 21.7 Å². The highest BCUT2D eigenvalue weighted by molar-refractivity contribution is 6.08. The SMILES string of the molecule is Cn1cc(C(=O)NCC2CCN(C(=O)Cc3coc4ccc5ccccc5c34)CC2)cn1. The van der Waals surface area contributed by atoms with Gasteiger partial charge in [0.2, 0.25) is 5.91 Å². The second-order valence-electron chi connectivity index (χ2n) is 8.53. The number of benzene rings is 2. The minimum atomic E-state index is -0.101. The van der Waals surface area contributed by atoms with Crippen LogP contribution >= 0.6 is 0 Å². The van der Waals surface area contributed by atoms with E-state index in [9.17, 15) is 9.59 Å². The highest BCUT2D eigenvalue weighted by Gasteiger charge is 2.24. The summed E-state index contributed by atoms with van der Waals surface area (Å²) in [5, 5.41) is 10.3. The van der Waals surface area contributed by atoms with E-state index in [0.29, 0.717) is 37.5 Å². The number of hydrogen-bond donors (Lipinski definition) is 1. The van der Waals surface area contributed by atoms with Crippen molar-refractivity contribution < 1.29 is 14.0 Å². The second kappa shape index (κ2) is 8.49. The molecule has 0 saturated carbocycles. The van der Waals surface area contributed by atoms with Crippen LogP contribution in [-0.4, -0.2) is 46.1 Å². The predicted octanol–water partition coefficient (Wildman–Crippen LogP) is 3.53. The number of carbonyl (C=O) groups is 2. The molecule has 7 heteroatoms. The Kier molecular flexibility index (Phi) is 5.39. The van der Waals surface area contributed by atoms with E-state index in [1.165, 1.54) is 0 Å². The largest absolute Gasteiger partial charge is 0.464 e. The van der Waals surface area contributed by atoms with Crippen molar-refractivity contribution >= 4 is 33.6 Å². The molecule has 1 aliphatic heterocycles. The maximum Gasteiger partial charge on any atom is 0.254 e. The van der Waals surface area contributed by atoms with Gasteiger partial charge in [0.15, 0.2) is 0 Å². The molecule has 2 aromatic carbocycles. The van der Waals surface area contributed by atoms with Crippen LogP contribution in [0.3, 0.4) is 0 Å². The summed E-state index contributed by atoms with van der Waals surface area (Å²) in [5.41, 5.74) is 2.32. The number of aromatic nitrogens is 2. The third-order valence-corrected chi connectivity index (χ3v) is 6.37. The van der Waals surface area contributed by atoms with Gasteiger partial charge < -0.3 is 14.6 Å². The molecule has 164 valence electrons. The summed E-state index contributed by atoms with van der Waals surface area (Å²) in [4.78, 5) is 27.2. The molecule has 1 aliphatic rings. The molecule has 1 fully saturated rings. The van der Waals surface area contributed by atoms with Gasteiger partial charge in [-0.25, -0.2) is 0 Å². The number of furan rings is 1. The van der Waals surface area contributed by atoms with Gasteiger partial charge in [0.1, 0.15) is 5.58 Å². The smallest absolute Gasteiger partial charge is 0.254 e. The van der Waals surface area contributed by atoms with Gasteiger partial charge in [-0.3, -0.25) is 14.3 Å². The molecule has 32 heavy (non-hydrogen) atoms. The lowest BCUT2D eigenvalue weighted by Crippen LogP contribution is -2.42. The van der Waals surface area contributed by atoms with E-state index >= 15 is 0 Å². The van der Waals surface area contributed by atoms with Crippen molar-refractivity contribution in [2.75, 3.05) is 19.6 Å². The molecular formula is C25H26N4O3. The number of aryl methyl sites for hydroxylation is 1. The Morgan fingerprint density at radius 2 is 1.97 bits per heavy atom. The Labute approximate surface area is 186 Å². The molecular weight excluding hydrogens is 404 g/mol. The molecule has 1 N–H and O–H groups in total. The number of piperidine rings is 1. The van der Waals surface area contributed by atoms with Gasteiger partial charge in [-0.15, -0.1) is 0 Å². The zero-order valence-electron chi connectivity index (χ0n) is 18.1. The Morgan fingerprint density at radius 3 is 2.75 bits per heavy atom. The van der Waals surface area contributed by atoms with Gasteiger partial charge in [-0.2, -0.15) is 5.10 Å². The number of fused-ring (bicyclic) bond motifs is 3. The van der Waals surface area contributed by atoms with Crippen LogP contribution in [0.1, 0.15) is 28.8 Å². The first-order chi connectivity index (χ1) is 15.6. The molecule has 1 saturated heterocycles. The Morgan fingerprint density at radius 1 is 1.16 bits per heavy atom. The molecule has 0 bridgehead atoms. The minimum absolute atomic E-state index is 0.101. The molecule has 3 heterocycles. The van der Waals surface area contributed by atoms with E-state index in [2.05, 4.69) is 22.5 Å². The van der Waals surface area contributed by atoms with Gasteiger partial charge >= 0.3 is 0 Å². The van der Waals surface area contributed by atoms with E-state index in [0.717, 1.165) is 40.1 Å². The lowest BCUT2D eigenvalue weighted by molar-refractivity contribution is -0.131. The van der Waals surface area contributed by atoms with Crippen LogP contribution in [0.2, 0.25) is 0 Å². The molecule has 2 aromatic heterocycles. The quantitative estimate of drug-likeness (QED) is 0.525. The summed E-state index contributed by atoms with van der Waals surface area (Å²) in [6.07, 6.45) is 7.10. The van der Waals surface area contributed by atoms with E-state index in [1.54, 1.807) is 30.4 Å². The summed E-state index contributed by atoms with van der Waals surface area (Å²) < 4.78 is 7.35. The van der Waals surface area contributed by atoms with E-state index in [1.807, 2.05) is 29.2 Å². The average molecular weight is 431 g/mol. The topological polar surface area (TPSA) is 80.4 Å². The maximum atomic E-state index is 13.0. The van der Waals surface area contributed by atoms with Crippen LogP contribution < -0.4 is 5.32 Å². The van der Waals surface area contributed by atoms with E-state index < -0.39 is 0 Å². The van der Waals surface area contributed by atoms with Gasteiger partial charge in [0.05, 0.1) is 24.4 Å². The third-order valence-electron chi connectivity index (χ3n) is 6.37. The fourth-order valence-electron chi connectivity index (χ4n) is 4.54. The Bertz CT molecular complexity index is 1280. The highest BCUT2D eigenvalue weighted by Crippen LogP contribution is 2.30. The van der Waals surface area contributed by atoms with Crippen molar-refractivity contribution in [3.05, 3.63) is 66.2 Å². The molecule has 7 nitrogen and oxygen atoms in total. The van der Waals surface area contributed by atoms with Gasteiger partial charge in [0.25, 0.3) is 5.91 Å². The molecule has 0 spiro atoms. The predicted molar refractivity (Wildman–Crippen MR) is 122 cm³/mol. The summed E-state index contributed by atoms with van der Waals surface area (Å²) >= 11 is 0. The molecule has 0 atom stereocenters. The lowest BCUT2D eigenvalue weighted by atomic mass is 9.96. The number of rotatable bonds is 5. The van der Waals surface area contributed by atoms with Crippen molar-refractivity contribution in [3.8, 4) is 0 Å². The van der Waals surface area contributed by atoms with E-state index in [-0.39, 0.29) is 11.8 Å². The molecule has 5 rings (SSSR count). The summed E-state index contributed by atoms with van der Waals surface area (Å²) in [7, 11) is 1.79. The van der Waals surface area contributed by atoms with Crippen LogP contribution in [0.5, 0.6) is 0 Å². The third kappa shape index (κ3) is 3.98. The van der Waals surface area contributed by atoms with Crippen LogP contribution in [0.4, 0.5) is 0 Å². The van der Waals surface area contributed by atoms with Crippen molar-refractivity contribution in [2.45, 2.75) is 19.3 Å². The first-order valence-electron chi connectivity index (χ1n) is 11.0. The van der Waals surface area contributed by atoms with Gasteiger partial charge in [0, 0.05) is 43.8 Å². The molecule has 4 aromatic rings. The summed E-state index contributed by atoms with van der Waals surface area (Å²) in [6, 6.07) is 12.2. The van der Waals surface area contributed by atoms with Crippen LogP contribution in [0, 0.1) is 5.92 Å². The zero-order chi connectivity index (χ0) is 22.1. The molecule has 0 radical (unpaired) electrons. The normalized spacial score (nSPS) is 14.8. The fourth-order valence-corrected chi connectivity index (χ4v) is 4.54. The second-order valence-corrected chi connectivity index (χ2v) is 8.53. The maximum absolute atomic E-state index is 13.0. The average Bonchev–Trinajstić information content (AvgIpc) is 3.44. The number of nitrogens with zero attached hydrogens (tertiary/aromatic N) is 3. The van der Waals surface area contributed by atoms with Crippen LogP contribution in [-0.2, 0) is 18.3 Å². The summed E-state index contributed by atoms with van der Waals surface area (Å²) in [5.74, 6) is 0.396. The fraction of sp³-hybridized carbons (Fsp3) is 0.320. The Balaban J connectivity index is 1.18. The number of carbonyl (C=O) groups excluding carboxylic acids is 2. The minimum Gasteiger partial charge on any atom is -0.464 e. The zero-order valence-corrected chi connectivity index (χ0v) is 18.1. The van der Waals surface area contributed by atoms with Crippen molar-refractivity contribution in [1.82, 2.24) is 20.0 Å². The van der Waals surface area contributed by atoms with Crippen molar-refractivity contribution in [3.63, 3.8) is 0 Å². The molecule has 0 aliphatic carbocycles. The monoisotopic (exact) mass is 430 g/mol. The van der Waals surface area contributed by atoms with Crippen molar-refractivity contribution in [1.29, 1.82) is 0 Å². The van der Waals surface area contributed by atoms with Gasteiger partial charge in [-0.1, -0.05) is 30.3 Å². The number of hydrogen-bond acceptors (Lipinski definition) is 4. The first-order valence-corrected chi connectivity index (χ1v) is 11.0. The van der Waals surface area contributed by atoms with E-state index in [4.69, 9.17) is 4.42 Å². The number of amides is 2. The highest BCUT2D eigenvalue weighted by atomic mass is 16.3. The number of nitrogens with one attached hydrogen (secondary N) is 1. The number of likely N-dealkylation sites (tertiary alicyclic amines) is 1. The molecule has 0 unspecified atom stereocenters. The van der Waals surface area contributed by atoms with Crippen LogP contribution in [0.15, 0.2) is 59.5 Å². The summed E-state index contributed by atoms with van der Waals surface area (Å²) in [6.45, 7) is 2.04. The standard InChI is InChI=1S/C25H26N4O3/c1-28-15-20(14-27-28)25(31)26-13-17-8-10-29(11-9-17)23(30)12-19-16-32-22-7-6-18-4-2-3-5-21(18)24(19)22/h2-7,14-17H,8-13H2,1H3,(H,26,31).